The molecular weight excluding hydrogens is 302 g/mol. The lowest BCUT2D eigenvalue weighted by molar-refractivity contribution is -0.118. The van der Waals surface area contributed by atoms with E-state index in [1.54, 1.807) is 24.3 Å². The summed E-state index contributed by atoms with van der Waals surface area (Å²) in [5.74, 6) is -0.853. The number of carbonyl (C=O) groups is 2. The van der Waals surface area contributed by atoms with E-state index >= 15 is 0 Å². The summed E-state index contributed by atoms with van der Waals surface area (Å²) < 4.78 is 5.27. The first-order valence-electron chi connectivity index (χ1n) is 5.56. The highest BCUT2D eigenvalue weighted by molar-refractivity contribution is 7.18. The van der Waals surface area contributed by atoms with E-state index in [-0.39, 0.29) is 17.4 Å². The van der Waals surface area contributed by atoms with Crippen molar-refractivity contribution in [2.45, 2.75) is 0 Å². The van der Waals surface area contributed by atoms with Gasteiger partial charge in [-0.2, -0.15) is 0 Å². The van der Waals surface area contributed by atoms with Crippen molar-refractivity contribution in [2.75, 3.05) is 11.9 Å². The molecule has 0 bridgehead atoms. The van der Waals surface area contributed by atoms with Crippen LogP contribution >= 0.6 is 22.9 Å². The first kappa shape index (κ1) is 14.4. The average Bonchev–Trinajstić information content (AvgIpc) is 2.87. The molecule has 0 unspecified atom stereocenters. The van der Waals surface area contributed by atoms with Gasteiger partial charge < -0.3 is 15.2 Å². The maximum absolute atomic E-state index is 11.6. The topological polar surface area (TPSA) is 75.6 Å². The molecule has 1 amide bonds. The van der Waals surface area contributed by atoms with E-state index in [4.69, 9.17) is 21.4 Å². The molecule has 7 heteroatoms. The zero-order chi connectivity index (χ0) is 14.5. The van der Waals surface area contributed by atoms with Crippen LogP contribution in [-0.2, 0) is 4.79 Å². The van der Waals surface area contributed by atoms with Gasteiger partial charge in [-0.05, 0) is 36.4 Å². The number of rotatable bonds is 5. The number of carbonyl (C=O) groups excluding carboxylic acids is 1. The summed E-state index contributed by atoms with van der Waals surface area (Å²) in [6.45, 7) is -0.165. The molecule has 0 saturated heterocycles. The van der Waals surface area contributed by atoms with Crippen molar-refractivity contribution >= 4 is 39.8 Å². The number of hydrogen-bond acceptors (Lipinski definition) is 4. The summed E-state index contributed by atoms with van der Waals surface area (Å²) >= 11 is 6.72. The largest absolute Gasteiger partial charge is 0.484 e. The number of nitrogens with one attached hydrogen (secondary N) is 1. The van der Waals surface area contributed by atoms with Crippen molar-refractivity contribution in [1.82, 2.24) is 0 Å². The Bertz CT molecular complexity index is 624. The molecule has 0 atom stereocenters. The van der Waals surface area contributed by atoms with E-state index in [9.17, 15) is 9.59 Å². The van der Waals surface area contributed by atoms with Crippen LogP contribution in [0.1, 0.15) is 9.67 Å². The molecule has 0 aliphatic rings. The second-order valence-electron chi connectivity index (χ2n) is 3.76. The smallest absolute Gasteiger partial charge is 0.345 e. The van der Waals surface area contributed by atoms with Gasteiger partial charge in [0.05, 0.1) is 5.00 Å². The molecule has 1 aromatic carbocycles. The number of benzene rings is 1. The van der Waals surface area contributed by atoms with Gasteiger partial charge in [0.15, 0.2) is 6.61 Å². The lowest BCUT2D eigenvalue weighted by Crippen LogP contribution is -2.19. The quantitative estimate of drug-likeness (QED) is 0.889. The second kappa shape index (κ2) is 6.40. The fourth-order valence-electron chi connectivity index (χ4n) is 1.37. The molecular formula is C13H10ClNO4S. The minimum Gasteiger partial charge on any atom is -0.484 e. The molecule has 1 heterocycles. The summed E-state index contributed by atoms with van der Waals surface area (Å²) in [7, 11) is 0. The number of carboxylic acid groups (broad SMARTS) is 1. The SMILES string of the molecule is O=C(COc1ccc(Cl)cc1)Nc1ccc(C(=O)O)s1. The third kappa shape index (κ3) is 3.97. The zero-order valence-corrected chi connectivity index (χ0v) is 11.7. The Morgan fingerprint density at radius 3 is 2.50 bits per heavy atom. The first-order chi connectivity index (χ1) is 9.54. The van der Waals surface area contributed by atoms with Crippen molar-refractivity contribution in [3.8, 4) is 5.75 Å². The number of ether oxygens (including phenoxy) is 1. The number of amides is 1. The van der Waals surface area contributed by atoms with Gasteiger partial charge in [0.1, 0.15) is 10.6 Å². The van der Waals surface area contributed by atoms with Gasteiger partial charge in [-0.25, -0.2) is 4.79 Å². The normalized spacial score (nSPS) is 10.1. The number of thiophene rings is 1. The number of hydrogen-bond donors (Lipinski definition) is 2. The summed E-state index contributed by atoms with van der Waals surface area (Å²) in [5.41, 5.74) is 0. The van der Waals surface area contributed by atoms with Crippen LogP contribution in [0.2, 0.25) is 5.02 Å². The molecule has 2 rings (SSSR count). The standard InChI is InChI=1S/C13H10ClNO4S/c14-8-1-3-9(4-2-8)19-7-11(16)15-12-6-5-10(20-12)13(17)18/h1-6H,7H2,(H,15,16)(H,17,18). The van der Waals surface area contributed by atoms with E-state index in [0.29, 0.717) is 15.8 Å². The molecule has 0 aliphatic carbocycles. The van der Waals surface area contributed by atoms with Crippen LogP contribution in [0, 0.1) is 0 Å². The van der Waals surface area contributed by atoms with Crippen LogP contribution in [0.15, 0.2) is 36.4 Å². The number of aromatic carboxylic acids is 1. The molecule has 0 radical (unpaired) electrons. The lowest BCUT2D eigenvalue weighted by Gasteiger charge is -2.06. The maximum atomic E-state index is 11.6. The number of anilines is 1. The van der Waals surface area contributed by atoms with E-state index in [2.05, 4.69) is 5.32 Å². The van der Waals surface area contributed by atoms with Gasteiger partial charge in [-0.3, -0.25) is 4.79 Å². The molecule has 0 saturated carbocycles. The molecule has 2 N–H and O–H groups in total. The molecule has 0 fully saturated rings. The lowest BCUT2D eigenvalue weighted by atomic mass is 10.3. The minimum atomic E-state index is -1.02. The first-order valence-corrected chi connectivity index (χ1v) is 6.75. The predicted molar refractivity (Wildman–Crippen MR) is 76.9 cm³/mol. The van der Waals surface area contributed by atoms with Crippen LogP contribution in [0.3, 0.4) is 0 Å². The van der Waals surface area contributed by atoms with E-state index < -0.39 is 5.97 Å². The van der Waals surface area contributed by atoms with Gasteiger partial charge in [0.25, 0.3) is 5.91 Å². The van der Waals surface area contributed by atoms with Gasteiger partial charge in [-0.1, -0.05) is 11.6 Å². The number of carboxylic acids is 1. The molecule has 5 nitrogen and oxygen atoms in total. The van der Waals surface area contributed by atoms with Crippen LogP contribution in [0.5, 0.6) is 5.75 Å². The molecule has 20 heavy (non-hydrogen) atoms. The van der Waals surface area contributed by atoms with Crippen LogP contribution in [0.25, 0.3) is 0 Å². The zero-order valence-electron chi connectivity index (χ0n) is 10.1. The van der Waals surface area contributed by atoms with Gasteiger partial charge in [0.2, 0.25) is 0 Å². The summed E-state index contributed by atoms with van der Waals surface area (Å²) in [4.78, 5) is 22.5. The van der Waals surface area contributed by atoms with Crippen LogP contribution in [0.4, 0.5) is 5.00 Å². The minimum absolute atomic E-state index is 0.165. The Kier molecular flexibility index (Phi) is 4.60. The molecule has 2 aromatic rings. The Hall–Kier alpha value is -2.05. The fraction of sp³-hybridized carbons (Fsp3) is 0.0769. The third-order valence-corrected chi connectivity index (χ3v) is 3.50. The third-order valence-electron chi connectivity index (χ3n) is 2.26. The van der Waals surface area contributed by atoms with Gasteiger partial charge >= 0.3 is 5.97 Å². The fourth-order valence-corrected chi connectivity index (χ4v) is 2.26. The van der Waals surface area contributed by atoms with Crippen molar-refractivity contribution in [2.24, 2.45) is 0 Å². The molecule has 0 spiro atoms. The monoisotopic (exact) mass is 311 g/mol. The Balaban J connectivity index is 1.85. The molecule has 104 valence electrons. The van der Waals surface area contributed by atoms with Crippen molar-refractivity contribution in [3.63, 3.8) is 0 Å². The van der Waals surface area contributed by atoms with Gasteiger partial charge in [-0.15, -0.1) is 11.3 Å². The highest BCUT2D eigenvalue weighted by atomic mass is 35.5. The summed E-state index contributed by atoms with van der Waals surface area (Å²) in [6.07, 6.45) is 0. The highest BCUT2D eigenvalue weighted by Gasteiger charge is 2.09. The molecule has 1 aromatic heterocycles. The van der Waals surface area contributed by atoms with E-state index in [1.165, 1.54) is 12.1 Å². The van der Waals surface area contributed by atoms with Crippen molar-refractivity contribution in [3.05, 3.63) is 46.3 Å². The summed E-state index contributed by atoms with van der Waals surface area (Å²) in [5, 5.41) is 12.4. The van der Waals surface area contributed by atoms with E-state index in [0.717, 1.165) is 11.3 Å². The second-order valence-corrected chi connectivity index (χ2v) is 5.28. The Labute approximate surface area is 123 Å². The maximum Gasteiger partial charge on any atom is 0.345 e. The summed E-state index contributed by atoms with van der Waals surface area (Å²) in [6, 6.07) is 9.60. The van der Waals surface area contributed by atoms with Gasteiger partial charge in [0, 0.05) is 5.02 Å². The van der Waals surface area contributed by atoms with Crippen molar-refractivity contribution < 1.29 is 19.4 Å². The van der Waals surface area contributed by atoms with Crippen LogP contribution in [-0.4, -0.2) is 23.6 Å². The Morgan fingerprint density at radius 1 is 1.20 bits per heavy atom. The van der Waals surface area contributed by atoms with Crippen molar-refractivity contribution in [1.29, 1.82) is 0 Å². The highest BCUT2D eigenvalue weighted by Crippen LogP contribution is 2.21. The molecule has 0 aliphatic heterocycles. The Morgan fingerprint density at radius 2 is 1.90 bits per heavy atom. The average molecular weight is 312 g/mol. The van der Waals surface area contributed by atoms with Crippen LogP contribution < -0.4 is 10.1 Å². The predicted octanol–water partition coefficient (Wildman–Crippen LogP) is 3.12. The van der Waals surface area contributed by atoms with E-state index in [1.807, 2.05) is 0 Å². The number of halogens is 1.